The van der Waals surface area contributed by atoms with Crippen molar-refractivity contribution < 1.29 is 23.3 Å². The van der Waals surface area contributed by atoms with Gasteiger partial charge in [0.15, 0.2) is 0 Å². The number of imide groups is 1. The highest BCUT2D eigenvalue weighted by atomic mass is 19.1. The number of nitrogens with zero attached hydrogens (tertiary/aromatic N) is 2. The number of hydrogen-bond donors (Lipinski definition) is 1. The number of amides is 2. The minimum atomic E-state index is -0.726. The quantitative estimate of drug-likeness (QED) is 0.355. The smallest absolute Gasteiger partial charge is 0.278 e. The van der Waals surface area contributed by atoms with Crippen molar-refractivity contribution in [3.63, 3.8) is 0 Å². The van der Waals surface area contributed by atoms with E-state index >= 15 is 0 Å². The van der Waals surface area contributed by atoms with Crippen molar-refractivity contribution in [3.8, 4) is 0 Å². The highest BCUT2D eigenvalue weighted by Gasteiger charge is 2.39. The van der Waals surface area contributed by atoms with Crippen molar-refractivity contribution in [3.05, 3.63) is 111 Å². The monoisotopic (exact) mass is 435 g/mol. The van der Waals surface area contributed by atoms with Gasteiger partial charge in [0.2, 0.25) is 0 Å². The average molecular weight is 435 g/mol. The molecule has 1 aliphatic heterocycles. The first-order valence-electron chi connectivity index (χ1n) is 9.46. The van der Waals surface area contributed by atoms with Crippen LogP contribution in [-0.2, 0) is 16.1 Å². The van der Waals surface area contributed by atoms with Gasteiger partial charge >= 0.3 is 0 Å². The molecule has 1 aliphatic rings. The number of non-ortho nitro benzene ring substituents is 1. The van der Waals surface area contributed by atoms with Crippen molar-refractivity contribution >= 4 is 28.8 Å². The maximum atomic E-state index is 14.1. The maximum Gasteiger partial charge on any atom is 0.278 e. The normalized spacial score (nSPS) is 13.6. The van der Waals surface area contributed by atoms with Crippen molar-refractivity contribution in [2.75, 3.05) is 5.32 Å². The van der Waals surface area contributed by atoms with E-state index in [1.807, 2.05) is 0 Å². The van der Waals surface area contributed by atoms with E-state index in [9.17, 15) is 28.5 Å². The SMILES string of the molecule is O=C1C(Nc2cccc(F)c2)=C(c2ccc([N+](=O)[O-])cc2)C(=O)N1Cc1ccccc1F. The Morgan fingerprint density at radius 2 is 1.62 bits per heavy atom. The molecule has 1 heterocycles. The van der Waals surface area contributed by atoms with Gasteiger partial charge in [0, 0.05) is 23.4 Å². The number of nitrogens with one attached hydrogen (secondary N) is 1. The summed E-state index contributed by atoms with van der Waals surface area (Å²) in [6, 6.07) is 16.2. The van der Waals surface area contributed by atoms with E-state index in [4.69, 9.17) is 0 Å². The molecule has 160 valence electrons. The largest absolute Gasteiger partial charge is 0.350 e. The predicted molar refractivity (Wildman–Crippen MR) is 112 cm³/mol. The average Bonchev–Trinajstić information content (AvgIpc) is 2.99. The first-order valence-corrected chi connectivity index (χ1v) is 9.46. The molecule has 3 aromatic carbocycles. The Morgan fingerprint density at radius 1 is 0.906 bits per heavy atom. The number of carbonyl (C=O) groups excluding carboxylic acids is 2. The van der Waals surface area contributed by atoms with E-state index in [1.165, 1.54) is 60.7 Å². The zero-order valence-corrected chi connectivity index (χ0v) is 16.4. The van der Waals surface area contributed by atoms with Crippen LogP contribution in [0.5, 0.6) is 0 Å². The van der Waals surface area contributed by atoms with E-state index in [1.54, 1.807) is 6.07 Å². The van der Waals surface area contributed by atoms with Gasteiger partial charge in [-0.2, -0.15) is 0 Å². The van der Waals surface area contributed by atoms with Crippen molar-refractivity contribution in [2.45, 2.75) is 6.54 Å². The summed E-state index contributed by atoms with van der Waals surface area (Å²) in [4.78, 5) is 37.6. The van der Waals surface area contributed by atoms with E-state index in [2.05, 4.69) is 5.32 Å². The molecule has 32 heavy (non-hydrogen) atoms. The Kier molecular flexibility index (Phi) is 5.46. The molecule has 4 rings (SSSR count). The standard InChI is InChI=1S/C23H15F2N3O4/c24-16-5-3-6-17(12-16)26-21-20(14-8-10-18(11-9-14)28(31)32)22(29)27(23(21)30)13-15-4-1-2-7-19(15)25/h1-12,26H,13H2. The Balaban J connectivity index is 1.76. The lowest BCUT2D eigenvalue weighted by Crippen LogP contribution is -2.32. The zero-order valence-electron chi connectivity index (χ0n) is 16.4. The molecule has 0 fully saturated rings. The fraction of sp³-hybridized carbons (Fsp3) is 0.0435. The third-order valence-electron chi connectivity index (χ3n) is 4.92. The van der Waals surface area contributed by atoms with Gasteiger partial charge in [-0.25, -0.2) is 8.78 Å². The number of anilines is 1. The Bertz CT molecular complexity index is 1270. The molecule has 0 saturated carbocycles. The Hall–Kier alpha value is -4.40. The van der Waals surface area contributed by atoms with Crippen LogP contribution in [0.4, 0.5) is 20.2 Å². The topological polar surface area (TPSA) is 92.5 Å². The summed E-state index contributed by atoms with van der Waals surface area (Å²) in [6.07, 6.45) is 0. The molecule has 0 radical (unpaired) electrons. The Morgan fingerprint density at radius 3 is 2.28 bits per heavy atom. The van der Waals surface area contributed by atoms with Crippen LogP contribution in [0.15, 0.2) is 78.5 Å². The molecular formula is C23H15F2N3O4. The molecule has 0 saturated heterocycles. The summed E-state index contributed by atoms with van der Waals surface area (Å²) >= 11 is 0. The molecule has 9 heteroatoms. The van der Waals surface area contributed by atoms with Crippen LogP contribution < -0.4 is 5.32 Å². The first kappa shape index (κ1) is 20.9. The predicted octanol–water partition coefficient (Wildman–Crippen LogP) is 4.27. The van der Waals surface area contributed by atoms with E-state index in [0.29, 0.717) is 0 Å². The van der Waals surface area contributed by atoms with E-state index in [0.717, 1.165) is 11.0 Å². The number of hydrogen-bond acceptors (Lipinski definition) is 5. The second-order valence-corrected chi connectivity index (χ2v) is 6.98. The van der Waals surface area contributed by atoms with Crippen LogP contribution in [0, 0.1) is 21.7 Å². The Labute approximate surface area is 180 Å². The van der Waals surface area contributed by atoms with Crippen LogP contribution >= 0.6 is 0 Å². The third-order valence-corrected chi connectivity index (χ3v) is 4.92. The molecule has 0 spiro atoms. The van der Waals surface area contributed by atoms with Gasteiger partial charge < -0.3 is 5.32 Å². The van der Waals surface area contributed by atoms with Crippen molar-refractivity contribution in [1.29, 1.82) is 0 Å². The summed E-state index contributed by atoms with van der Waals surface area (Å²) < 4.78 is 27.8. The lowest BCUT2D eigenvalue weighted by molar-refractivity contribution is -0.384. The van der Waals surface area contributed by atoms with Crippen LogP contribution in [0.25, 0.3) is 5.57 Å². The van der Waals surface area contributed by atoms with Crippen LogP contribution in [0.1, 0.15) is 11.1 Å². The fourth-order valence-electron chi connectivity index (χ4n) is 3.36. The van der Waals surface area contributed by atoms with Gasteiger partial charge in [0.25, 0.3) is 17.5 Å². The van der Waals surface area contributed by atoms with Crippen LogP contribution in [0.2, 0.25) is 0 Å². The highest BCUT2D eigenvalue weighted by Crippen LogP contribution is 2.32. The van der Waals surface area contributed by atoms with E-state index in [-0.39, 0.29) is 40.3 Å². The minimum absolute atomic E-state index is 0.0505. The minimum Gasteiger partial charge on any atom is -0.350 e. The number of benzene rings is 3. The summed E-state index contributed by atoms with van der Waals surface area (Å²) in [5, 5.41) is 13.7. The molecule has 0 aliphatic carbocycles. The molecule has 0 unspecified atom stereocenters. The van der Waals surface area contributed by atoms with Gasteiger partial charge in [-0.15, -0.1) is 0 Å². The molecule has 0 aromatic heterocycles. The van der Waals surface area contributed by atoms with Gasteiger partial charge in [-0.1, -0.05) is 24.3 Å². The number of carbonyl (C=O) groups is 2. The van der Waals surface area contributed by atoms with Gasteiger partial charge in [-0.3, -0.25) is 24.6 Å². The molecule has 2 amide bonds. The lowest BCUT2D eigenvalue weighted by Gasteiger charge is -2.16. The summed E-state index contributed by atoms with van der Waals surface area (Å²) in [5.41, 5.74) is 0.256. The van der Waals surface area contributed by atoms with Crippen molar-refractivity contribution in [1.82, 2.24) is 4.90 Å². The van der Waals surface area contributed by atoms with Crippen LogP contribution in [-0.4, -0.2) is 21.6 Å². The zero-order chi connectivity index (χ0) is 22.8. The van der Waals surface area contributed by atoms with Crippen molar-refractivity contribution in [2.24, 2.45) is 0 Å². The van der Waals surface area contributed by atoms with Gasteiger partial charge in [0.05, 0.1) is 17.0 Å². The van der Waals surface area contributed by atoms with E-state index < -0.39 is 28.4 Å². The highest BCUT2D eigenvalue weighted by molar-refractivity contribution is 6.36. The molecule has 1 N–H and O–H groups in total. The van der Waals surface area contributed by atoms with Gasteiger partial charge in [0.1, 0.15) is 17.3 Å². The fourth-order valence-corrected chi connectivity index (χ4v) is 3.36. The number of nitro benzene ring substituents is 1. The summed E-state index contributed by atoms with van der Waals surface area (Å²) in [6.45, 7) is -0.310. The second-order valence-electron chi connectivity index (χ2n) is 6.98. The number of rotatable bonds is 6. The summed E-state index contributed by atoms with van der Waals surface area (Å²) in [5.74, 6) is -2.55. The molecule has 7 nitrogen and oxygen atoms in total. The molecule has 3 aromatic rings. The van der Waals surface area contributed by atoms with Gasteiger partial charge in [-0.05, 0) is 42.0 Å². The second kappa shape index (κ2) is 8.38. The number of nitro groups is 1. The van der Waals surface area contributed by atoms with Crippen LogP contribution in [0.3, 0.4) is 0 Å². The third kappa shape index (κ3) is 3.95. The lowest BCUT2D eigenvalue weighted by atomic mass is 10.0. The molecule has 0 bridgehead atoms. The summed E-state index contributed by atoms with van der Waals surface area (Å²) in [7, 11) is 0. The number of halogens is 2. The maximum absolute atomic E-state index is 14.1. The molecular weight excluding hydrogens is 420 g/mol. The first-order chi connectivity index (χ1) is 15.3. The molecule has 0 atom stereocenters.